The van der Waals surface area contributed by atoms with Crippen molar-refractivity contribution in [3.8, 4) is 50.3 Å². The number of nitrogens with zero attached hydrogens (tertiary/aromatic N) is 2. The minimum atomic E-state index is 0.191. The van der Waals surface area contributed by atoms with Crippen molar-refractivity contribution < 1.29 is 5.11 Å². The van der Waals surface area contributed by atoms with Crippen LogP contribution < -0.4 is 0 Å². The van der Waals surface area contributed by atoms with Gasteiger partial charge < -0.3 is 15.1 Å². The van der Waals surface area contributed by atoms with Gasteiger partial charge in [0.25, 0.3) is 0 Å². The Morgan fingerprint density at radius 1 is 0.364 bits per heavy atom. The number of aromatic nitrogens is 4. The van der Waals surface area contributed by atoms with Crippen LogP contribution in [0.5, 0.6) is 5.75 Å². The van der Waals surface area contributed by atoms with Crippen molar-refractivity contribution in [1.82, 2.24) is 19.9 Å². The number of aromatic amines is 2. The van der Waals surface area contributed by atoms with E-state index in [9.17, 15) is 5.11 Å². The van der Waals surface area contributed by atoms with E-state index in [1.807, 2.05) is 42.5 Å². The topological polar surface area (TPSA) is 77.6 Å². The standard InChI is InChI=1S/C50H34N4O/c55-45-24-14-13-23-36(45)37-31-44-48(34-19-9-3-10-20-34)42-28-27-40(52-42)46(32-15-5-1-6-16-32)38-25-26-39(51-38)47(33-17-7-2-8-18-33)41-29-30-43(53-41)49(50(37)54-44)35-21-11-4-12-22-35/h1-31,52-53,55H. The van der Waals surface area contributed by atoms with Crippen molar-refractivity contribution in [1.29, 1.82) is 0 Å². The van der Waals surface area contributed by atoms with Gasteiger partial charge in [0.2, 0.25) is 0 Å². The summed E-state index contributed by atoms with van der Waals surface area (Å²) in [6.45, 7) is 0. The maximum absolute atomic E-state index is 11.4. The van der Waals surface area contributed by atoms with Crippen molar-refractivity contribution in [3.63, 3.8) is 0 Å². The molecule has 2 aliphatic heterocycles. The normalized spacial score (nSPS) is 12.1. The van der Waals surface area contributed by atoms with E-state index >= 15 is 0 Å². The highest BCUT2D eigenvalue weighted by Gasteiger charge is 2.24. The van der Waals surface area contributed by atoms with Crippen LogP contribution in [0.2, 0.25) is 0 Å². The summed E-state index contributed by atoms with van der Waals surface area (Å²) >= 11 is 0. The Bertz CT molecular complexity index is 2960. The molecule has 5 heterocycles. The minimum absolute atomic E-state index is 0.191. The zero-order valence-corrected chi connectivity index (χ0v) is 29.7. The van der Waals surface area contributed by atoms with Gasteiger partial charge in [0.1, 0.15) is 5.75 Å². The van der Waals surface area contributed by atoms with Gasteiger partial charge in [-0.05, 0) is 70.8 Å². The molecule has 8 aromatic rings. The van der Waals surface area contributed by atoms with Gasteiger partial charge in [-0.1, -0.05) is 140 Å². The summed E-state index contributed by atoms with van der Waals surface area (Å²) in [5, 5.41) is 11.4. The fraction of sp³-hybridized carbons (Fsp3) is 0. The Morgan fingerprint density at radius 3 is 1.20 bits per heavy atom. The molecule has 0 aliphatic carbocycles. The Labute approximate surface area is 318 Å². The third-order valence-electron chi connectivity index (χ3n) is 10.3. The monoisotopic (exact) mass is 706 g/mol. The van der Waals surface area contributed by atoms with E-state index < -0.39 is 0 Å². The fourth-order valence-electron chi connectivity index (χ4n) is 7.82. The summed E-state index contributed by atoms with van der Waals surface area (Å²) < 4.78 is 0. The van der Waals surface area contributed by atoms with Gasteiger partial charge in [-0.2, -0.15) is 0 Å². The van der Waals surface area contributed by atoms with Crippen LogP contribution in [0.3, 0.4) is 0 Å². The largest absolute Gasteiger partial charge is 0.507 e. The summed E-state index contributed by atoms with van der Waals surface area (Å²) in [6, 6.07) is 57.6. The SMILES string of the molecule is Oc1ccccc1C1=Cc2nc1c(-c1ccccc1)c1ccc([nH]1)c(-c1ccccc1)c1nc(c(-c3ccccc3)c3ccc([nH]3)c2-c2ccccc2)C=C1. The number of nitrogens with one attached hydrogen (secondary N) is 2. The van der Waals surface area contributed by atoms with Gasteiger partial charge >= 0.3 is 0 Å². The summed E-state index contributed by atoms with van der Waals surface area (Å²) in [5.41, 5.74) is 16.5. The molecule has 2 aliphatic rings. The van der Waals surface area contributed by atoms with Crippen LogP contribution in [0.1, 0.15) is 28.3 Å². The van der Waals surface area contributed by atoms with Gasteiger partial charge in [0, 0.05) is 55.5 Å². The molecule has 10 rings (SSSR count). The van der Waals surface area contributed by atoms with Crippen LogP contribution in [-0.4, -0.2) is 25.0 Å². The van der Waals surface area contributed by atoms with Crippen LogP contribution in [0.25, 0.3) is 90.4 Å². The number of phenolic OH excluding ortho intramolecular Hbond substituents is 1. The molecule has 5 nitrogen and oxygen atoms in total. The smallest absolute Gasteiger partial charge is 0.123 e. The second-order valence-electron chi connectivity index (χ2n) is 13.7. The zero-order valence-electron chi connectivity index (χ0n) is 29.7. The molecule has 0 fully saturated rings. The quantitative estimate of drug-likeness (QED) is 0.167. The van der Waals surface area contributed by atoms with Gasteiger partial charge in [-0.15, -0.1) is 0 Å². The predicted octanol–water partition coefficient (Wildman–Crippen LogP) is 12.4. The van der Waals surface area contributed by atoms with Crippen molar-refractivity contribution in [2.24, 2.45) is 0 Å². The highest BCUT2D eigenvalue weighted by molar-refractivity contribution is 6.05. The first kappa shape index (κ1) is 32.2. The van der Waals surface area contributed by atoms with E-state index in [1.165, 1.54) is 0 Å². The van der Waals surface area contributed by atoms with E-state index in [-0.39, 0.29) is 5.75 Å². The number of rotatable bonds is 5. The molecule has 5 aromatic carbocycles. The predicted molar refractivity (Wildman–Crippen MR) is 227 cm³/mol. The van der Waals surface area contributed by atoms with Crippen molar-refractivity contribution in [2.45, 2.75) is 0 Å². The van der Waals surface area contributed by atoms with E-state index in [0.29, 0.717) is 5.56 Å². The van der Waals surface area contributed by atoms with Crippen LogP contribution in [0, 0.1) is 0 Å². The first-order valence-corrected chi connectivity index (χ1v) is 18.4. The number of aromatic hydroxyl groups is 1. The number of para-hydroxylation sites is 1. The maximum atomic E-state index is 11.4. The molecular formula is C50H34N4O. The Morgan fingerprint density at radius 2 is 0.745 bits per heavy atom. The average molecular weight is 707 g/mol. The Balaban J connectivity index is 1.44. The lowest BCUT2D eigenvalue weighted by Gasteiger charge is -2.10. The van der Waals surface area contributed by atoms with Gasteiger partial charge in [-0.3, -0.25) is 0 Å². The molecule has 0 radical (unpaired) electrons. The van der Waals surface area contributed by atoms with Crippen molar-refractivity contribution in [2.75, 3.05) is 0 Å². The van der Waals surface area contributed by atoms with E-state index in [4.69, 9.17) is 9.97 Å². The molecular weight excluding hydrogens is 673 g/mol. The summed E-state index contributed by atoms with van der Waals surface area (Å²) in [6.07, 6.45) is 6.36. The highest BCUT2D eigenvalue weighted by atomic mass is 16.3. The summed E-state index contributed by atoms with van der Waals surface area (Å²) in [4.78, 5) is 18.6. The molecule has 8 bridgehead atoms. The maximum Gasteiger partial charge on any atom is 0.123 e. The average Bonchev–Trinajstić information content (AvgIpc) is 4.07. The minimum Gasteiger partial charge on any atom is -0.507 e. The molecule has 0 spiro atoms. The number of H-pyrrole nitrogens is 2. The molecule has 0 unspecified atom stereocenters. The van der Waals surface area contributed by atoms with Crippen LogP contribution in [0.15, 0.2) is 170 Å². The molecule has 0 saturated heterocycles. The van der Waals surface area contributed by atoms with Crippen molar-refractivity contribution >= 4 is 45.9 Å². The van der Waals surface area contributed by atoms with Crippen LogP contribution >= 0.6 is 0 Å². The first-order chi connectivity index (χ1) is 27.2. The molecule has 5 heteroatoms. The number of hydrogen-bond donors (Lipinski definition) is 3. The summed E-state index contributed by atoms with van der Waals surface area (Å²) in [7, 11) is 0. The van der Waals surface area contributed by atoms with E-state index in [0.717, 1.165) is 94.9 Å². The summed E-state index contributed by atoms with van der Waals surface area (Å²) in [5.74, 6) is 0.191. The highest BCUT2D eigenvalue weighted by Crippen LogP contribution is 2.43. The molecule has 0 amide bonds. The lowest BCUT2D eigenvalue weighted by atomic mass is 9.95. The second-order valence-corrected chi connectivity index (χ2v) is 13.7. The molecule has 55 heavy (non-hydrogen) atoms. The van der Waals surface area contributed by atoms with Gasteiger partial charge in [-0.25, -0.2) is 9.97 Å². The fourth-order valence-corrected chi connectivity index (χ4v) is 7.82. The molecule has 3 aromatic heterocycles. The number of phenols is 1. The lowest BCUT2D eigenvalue weighted by molar-refractivity contribution is 0.473. The van der Waals surface area contributed by atoms with Crippen LogP contribution in [0.4, 0.5) is 0 Å². The van der Waals surface area contributed by atoms with Crippen molar-refractivity contribution in [3.05, 3.63) is 198 Å². The molecule has 260 valence electrons. The zero-order chi connectivity index (χ0) is 36.7. The lowest BCUT2D eigenvalue weighted by Crippen LogP contribution is -1.92. The number of hydrogen-bond acceptors (Lipinski definition) is 3. The van der Waals surface area contributed by atoms with Gasteiger partial charge in [0.05, 0.1) is 22.8 Å². The van der Waals surface area contributed by atoms with E-state index in [2.05, 4.69) is 150 Å². The second kappa shape index (κ2) is 13.5. The van der Waals surface area contributed by atoms with Gasteiger partial charge in [0.15, 0.2) is 0 Å². The third kappa shape index (κ3) is 5.75. The molecule has 3 N–H and O–H groups in total. The number of benzene rings is 5. The Kier molecular flexibility index (Phi) is 7.89. The van der Waals surface area contributed by atoms with Crippen LogP contribution in [-0.2, 0) is 0 Å². The molecule has 0 atom stereocenters. The number of fused-ring (bicyclic) bond motifs is 8. The van der Waals surface area contributed by atoms with E-state index in [1.54, 1.807) is 6.07 Å². The first-order valence-electron chi connectivity index (χ1n) is 18.4. The Hall–Kier alpha value is -7.50. The molecule has 0 saturated carbocycles. The third-order valence-corrected chi connectivity index (χ3v) is 10.3.